The molecule has 3 rings (SSSR count). The number of nitrogens with zero attached hydrogens (tertiary/aromatic N) is 4. The van der Waals surface area contributed by atoms with Gasteiger partial charge in [0, 0.05) is 6.42 Å². The fourth-order valence-corrected chi connectivity index (χ4v) is 2.40. The Morgan fingerprint density at radius 3 is 2.83 bits per heavy atom. The third-order valence-electron chi connectivity index (χ3n) is 3.51. The molecule has 0 fully saturated rings. The van der Waals surface area contributed by atoms with E-state index < -0.39 is 0 Å². The van der Waals surface area contributed by atoms with Crippen LogP contribution in [0.1, 0.15) is 18.3 Å². The van der Waals surface area contributed by atoms with Crippen LogP contribution in [0.3, 0.4) is 0 Å². The zero-order valence-corrected chi connectivity index (χ0v) is 13.1. The number of carbonyl (C=O) groups is 1. The van der Waals surface area contributed by atoms with E-state index in [0.717, 1.165) is 0 Å². The summed E-state index contributed by atoms with van der Waals surface area (Å²) in [6, 6.07) is 13.3. The molecule has 7 heteroatoms. The molecule has 0 unspecified atom stereocenters. The summed E-state index contributed by atoms with van der Waals surface area (Å²) in [6.45, 7) is 1.95. The lowest BCUT2D eigenvalue weighted by Gasteiger charge is -2.11. The van der Waals surface area contributed by atoms with Crippen molar-refractivity contribution in [3.63, 3.8) is 0 Å². The first-order chi connectivity index (χ1) is 11.7. The highest BCUT2D eigenvalue weighted by atomic mass is 19.1. The molecule has 1 aromatic heterocycles. The highest BCUT2D eigenvalue weighted by Crippen LogP contribution is 2.20. The first-order valence-corrected chi connectivity index (χ1v) is 7.58. The van der Waals surface area contributed by atoms with Crippen LogP contribution in [0.2, 0.25) is 0 Å². The number of hydrogen-bond donors (Lipinski definition) is 1. The molecular formula is C17H16FN5O. The topological polar surface area (TPSA) is 72.7 Å². The number of hydrogen-bond acceptors (Lipinski definition) is 4. The number of aryl methyl sites for hydroxylation is 1. The molecule has 0 aliphatic heterocycles. The summed E-state index contributed by atoms with van der Waals surface area (Å²) in [5.74, 6) is 0.1000. The number of rotatable bonds is 5. The molecule has 122 valence electrons. The first kappa shape index (κ1) is 15.8. The molecule has 1 heterocycles. The lowest BCUT2D eigenvalue weighted by atomic mass is 10.1. The van der Waals surface area contributed by atoms with E-state index in [0.29, 0.717) is 29.2 Å². The smallest absolute Gasteiger partial charge is 0.228 e. The third-order valence-corrected chi connectivity index (χ3v) is 3.51. The number of carbonyl (C=O) groups excluding carboxylic acids is 1. The van der Waals surface area contributed by atoms with Crippen molar-refractivity contribution in [2.24, 2.45) is 0 Å². The fourth-order valence-electron chi connectivity index (χ4n) is 2.40. The minimum Gasteiger partial charge on any atom is -0.324 e. The minimum atomic E-state index is -0.359. The Labute approximate surface area is 138 Å². The summed E-state index contributed by atoms with van der Waals surface area (Å²) in [7, 11) is 0. The maximum Gasteiger partial charge on any atom is 0.228 e. The second kappa shape index (κ2) is 6.99. The fraction of sp³-hybridized carbons (Fsp3) is 0.176. The molecule has 6 nitrogen and oxygen atoms in total. The van der Waals surface area contributed by atoms with Gasteiger partial charge in [-0.3, -0.25) is 4.79 Å². The Morgan fingerprint density at radius 2 is 2.04 bits per heavy atom. The number of halogens is 1. The van der Waals surface area contributed by atoms with Crippen LogP contribution in [0.25, 0.3) is 5.69 Å². The summed E-state index contributed by atoms with van der Waals surface area (Å²) in [6.07, 6.45) is 0.751. The van der Waals surface area contributed by atoms with E-state index >= 15 is 0 Å². The summed E-state index contributed by atoms with van der Waals surface area (Å²) >= 11 is 0. The highest BCUT2D eigenvalue weighted by Gasteiger charge is 2.13. The SMILES string of the molecule is CCc1nnnn1-c1ccccc1NC(=O)Cc1cccc(F)c1. The van der Waals surface area contributed by atoms with Crippen molar-refractivity contribution >= 4 is 11.6 Å². The maximum absolute atomic E-state index is 13.2. The summed E-state index contributed by atoms with van der Waals surface area (Å²) in [5, 5.41) is 14.4. The number of anilines is 1. The van der Waals surface area contributed by atoms with E-state index in [2.05, 4.69) is 20.8 Å². The van der Waals surface area contributed by atoms with Gasteiger partial charge in [-0.15, -0.1) is 5.10 Å². The Kier molecular flexibility index (Phi) is 4.60. The second-order valence-corrected chi connectivity index (χ2v) is 5.23. The molecule has 3 aromatic rings. The van der Waals surface area contributed by atoms with Crippen LogP contribution < -0.4 is 5.32 Å². The van der Waals surface area contributed by atoms with Gasteiger partial charge in [-0.2, -0.15) is 4.68 Å². The van der Waals surface area contributed by atoms with Crippen LogP contribution in [-0.4, -0.2) is 26.1 Å². The van der Waals surface area contributed by atoms with Crippen LogP contribution in [-0.2, 0) is 17.6 Å². The molecule has 1 amide bonds. The van der Waals surface area contributed by atoms with E-state index in [1.807, 2.05) is 25.1 Å². The van der Waals surface area contributed by atoms with Gasteiger partial charge in [0.25, 0.3) is 0 Å². The van der Waals surface area contributed by atoms with Crippen molar-refractivity contribution < 1.29 is 9.18 Å². The normalized spacial score (nSPS) is 10.6. The van der Waals surface area contributed by atoms with Crippen LogP contribution >= 0.6 is 0 Å². The van der Waals surface area contributed by atoms with Crippen molar-refractivity contribution in [1.82, 2.24) is 20.2 Å². The van der Waals surface area contributed by atoms with Crippen LogP contribution in [0.4, 0.5) is 10.1 Å². The molecule has 2 aromatic carbocycles. The largest absolute Gasteiger partial charge is 0.324 e. The van der Waals surface area contributed by atoms with Gasteiger partial charge >= 0.3 is 0 Å². The minimum absolute atomic E-state index is 0.0857. The molecule has 0 saturated carbocycles. The number of para-hydroxylation sites is 2. The summed E-state index contributed by atoms with van der Waals surface area (Å²) < 4.78 is 14.8. The number of nitrogens with one attached hydrogen (secondary N) is 1. The zero-order valence-electron chi connectivity index (χ0n) is 13.1. The quantitative estimate of drug-likeness (QED) is 0.782. The lowest BCUT2D eigenvalue weighted by molar-refractivity contribution is -0.115. The van der Waals surface area contributed by atoms with Crippen molar-refractivity contribution in [3.8, 4) is 5.69 Å². The summed E-state index contributed by atoms with van der Waals surface area (Å²) in [4.78, 5) is 12.3. The lowest BCUT2D eigenvalue weighted by Crippen LogP contribution is -2.16. The predicted octanol–water partition coefficient (Wildman–Crippen LogP) is 2.55. The van der Waals surface area contributed by atoms with E-state index in [9.17, 15) is 9.18 Å². The zero-order chi connectivity index (χ0) is 16.9. The average molecular weight is 325 g/mol. The Morgan fingerprint density at radius 1 is 1.21 bits per heavy atom. The van der Waals surface area contributed by atoms with E-state index in [1.54, 1.807) is 22.9 Å². The molecule has 0 saturated heterocycles. The standard InChI is InChI=1S/C17H16FN5O/c1-2-16-20-21-22-23(16)15-9-4-3-8-14(15)19-17(24)11-12-6-5-7-13(18)10-12/h3-10H,2,11H2,1H3,(H,19,24). The van der Waals surface area contributed by atoms with E-state index in [1.165, 1.54) is 12.1 Å². The monoisotopic (exact) mass is 325 g/mol. The number of aromatic nitrogens is 4. The average Bonchev–Trinajstić information content (AvgIpc) is 3.03. The van der Waals surface area contributed by atoms with Gasteiger partial charge in [-0.05, 0) is 40.3 Å². The van der Waals surface area contributed by atoms with Gasteiger partial charge in [0.15, 0.2) is 5.82 Å². The van der Waals surface area contributed by atoms with Gasteiger partial charge in [0.1, 0.15) is 5.82 Å². The van der Waals surface area contributed by atoms with Gasteiger partial charge in [0.2, 0.25) is 5.91 Å². The number of tetrazole rings is 1. The molecule has 24 heavy (non-hydrogen) atoms. The highest BCUT2D eigenvalue weighted by molar-refractivity contribution is 5.94. The van der Waals surface area contributed by atoms with Gasteiger partial charge in [-0.1, -0.05) is 31.2 Å². The number of benzene rings is 2. The first-order valence-electron chi connectivity index (χ1n) is 7.58. The van der Waals surface area contributed by atoms with Crippen LogP contribution in [0.15, 0.2) is 48.5 Å². The van der Waals surface area contributed by atoms with Gasteiger partial charge in [-0.25, -0.2) is 4.39 Å². The van der Waals surface area contributed by atoms with Crippen molar-refractivity contribution in [3.05, 3.63) is 65.7 Å². The van der Waals surface area contributed by atoms with E-state index in [4.69, 9.17) is 0 Å². The Hall–Kier alpha value is -3.09. The number of amides is 1. The Bertz CT molecular complexity index is 861. The maximum atomic E-state index is 13.2. The molecule has 0 atom stereocenters. The van der Waals surface area contributed by atoms with Crippen LogP contribution in [0, 0.1) is 5.82 Å². The second-order valence-electron chi connectivity index (χ2n) is 5.23. The predicted molar refractivity (Wildman–Crippen MR) is 87.3 cm³/mol. The molecular weight excluding hydrogens is 309 g/mol. The Balaban J connectivity index is 1.82. The van der Waals surface area contributed by atoms with E-state index in [-0.39, 0.29) is 18.1 Å². The summed E-state index contributed by atoms with van der Waals surface area (Å²) in [5.41, 5.74) is 1.90. The van der Waals surface area contributed by atoms with Crippen molar-refractivity contribution in [2.45, 2.75) is 19.8 Å². The van der Waals surface area contributed by atoms with Crippen molar-refractivity contribution in [2.75, 3.05) is 5.32 Å². The molecule has 0 radical (unpaired) electrons. The van der Waals surface area contributed by atoms with Crippen LogP contribution in [0.5, 0.6) is 0 Å². The van der Waals surface area contributed by atoms with Gasteiger partial charge < -0.3 is 5.32 Å². The molecule has 1 N–H and O–H groups in total. The van der Waals surface area contributed by atoms with Crippen molar-refractivity contribution in [1.29, 1.82) is 0 Å². The molecule has 0 spiro atoms. The molecule has 0 bridgehead atoms. The molecule has 0 aliphatic rings. The third kappa shape index (κ3) is 3.45. The van der Waals surface area contributed by atoms with Gasteiger partial charge in [0.05, 0.1) is 17.8 Å². The molecule has 0 aliphatic carbocycles.